The zero-order valence-electron chi connectivity index (χ0n) is 14.5. The van der Waals surface area contributed by atoms with Gasteiger partial charge in [0.2, 0.25) is 11.8 Å². The van der Waals surface area contributed by atoms with Crippen LogP contribution < -0.4 is 19.7 Å². The summed E-state index contributed by atoms with van der Waals surface area (Å²) in [6.45, 7) is 0.225. The van der Waals surface area contributed by atoms with E-state index in [1.807, 2.05) is 0 Å². The van der Waals surface area contributed by atoms with Crippen molar-refractivity contribution in [1.82, 2.24) is 0 Å². The number of benzene rings is 2. The topological polar surface area (TPSA) is 67.9 Å². The Labute approximate surface area is 150 Å². The van der Waals surface area contributed by atoms with Crippen molar-refractivity contribution in [2.75, 3.05) is 31.0 Å². The van der Waals surface area contributed by atoms with E-state index in [2.05, 4.69) is 5.32 Å². The molecule has 0 saturated carbocycles. The molecule has 0 aliphatic carbocycles. The van der Waals surface area contributed by atoms with Crippen molar-refractivity contribution in [1.29, 1.82) is 0 Å². The van der Waals surface area contributed by atoms with Crippen molar-refractivity contribution < 1.29 is 23.5 Å². The van der Waals surface area contributed by atoms with Crippen LogP contribution >= 0.6 is 0 Å². The number of carbonyl (C=O) groups excluding carboxylic acids is 2. The van der Waals surface area contributed by atoms with E-state index in [4.69, 9.17) is 9.47 Å². The third-order valence-corrected chi connectivity index (χ3v) is 4.27. The molecule has 1 aliphatic rings. The van der Waals surface area contributed by atoms with Crippen LogP contribution in [0, 0.1) is 11.7 Å². The van der Waals surface area contributed by atoms with E-state index in [9.17, 15) is 14.0 Å². The first kappa shape index (κ1) is 17.7. The second-order valence-electron chi connectivity index (χ2n) is 5.94. The van der Waals surface area contributed by atoms with Crippen LogP contribution in [-0.2, 0) is 9.59 Å². The molecule has 1 atom stereocenters. The maximum absolute atomic E-state index is 13.2. The molecule has 0 aromatic heterocycles. The van der Waals surface area contributed by atoms with E-state index in [-0.39, 0.29) is 24.8 Å². The molecule has 0 spiro atoms. The molecular formula is C19H19FN2O4. The van der Waals surface area contributed by atoms with Gasteiger partial charge in [-0.1, -0.05) is 6.07 Å². The standard InChI is InChI=1S/C19H19FN2O4/c1-25-15-6-7-16(17(10-15)26-2)22-11-12(8-18(22)23)19(24)21-14-5-3-4-13(20)9-14/h3-7,9-10,12H,8,11H2,1-2H3,(H,21,24)/t12-/m0/s1. The van der Waals surface area contributed by atoms with Crippen LogP contribution in [0.15, 0.2) is 42.5 Å². The summed E-state index contributed by atoms with van der Waals surface area (Å²) in [7, 11) is 3.05. The third kappa shape index (κ3) is 3.61. The SMILES string of the molecule is COc1ccc(N2C[C@@H](C(=O)Nc3cccc(F)c3)CC2=O)c(OC)c1. The Balaban J connectivity index is 1.75. The minimum atomic E-state index is -0.530. The second-order valence-corrected chi connectivity index (χ2v) is 5.94. The Morgan fingerprint density at radius 2 is 2.00 bits per heavy atom. The van der Waals surface area contributed by atoms with Gasteiger partial charge in [-0.2, -0.15) is 0 Å². The second kappa shape index (κ2) is 7.43. The molecule has 26 heavy (non-hydrogen) atoms. The van der Waals surface area contributed by atoms with Crippen molar-refractivity contribution in [3.05, 3.63) is 48.3 Å². The zero-order valence-corrected chi connectivity index (χ0v) is 14.5. The number of amides is 2. The quantitative estimate of drug-likeness (QED) is 0.892. The van der Waals surface area contributed by atoms with Crippen LogP contribution in [0.1, 0.15) is 6.42 Å². The van der Waals surface area contributed by atoms with Gasteiger partial charge < -0.3 is 19.7 Å². The van der Waals surface area contributed by atoms with Crippen LogP contribution in [0.4, 0.5) is 15.8 Å². The first-order valence-corrected chi connectivity index (χ1v) is 8.10. The lowest BCUT2D eigenvalue weighted by atomic mass is 10.1. The van der Waals surface area contributed by atoms with E-state index in [0.717, 1.165) is 0 Å². The summed E-state index contributed by atoms with van der Waals surface area (Å²) in [6.07, 6.45) is 0.0797. The van der Waals surface area contributed by atoms with Gasteiger partial charge >= 0.3 is 0 Å². The molecule has 1 saturated heterocycles. The molecule has 7 heteroatoms. The van der Waals surface area contributed by atoms with Gasteiger partial charge in [0.15, 0.2) is 0 Å². The number of halogens is 1. The molecule has 1 heterocycles. The highest BCUT2D eigenvalue weighted by Gasteiger charge is 2.36. The maximum Gasteiger partial charge on any atom is 0.229 e. The average Bonchev–Trinajstić information content (AvgIpc) is 3.03. The number of nitrogens with one attached hydrogen (secondary N) is 1. The summed E-state index contributed by atoms with van der Waals surface area (Å²) in [5.74, 6) is -0.360. The van der Waals surface area contributed by atoms with Crippen LogP contribution in [0.5, 0.6) is 11.5 Å². The van der Waals surface area contributed by atoms with Crippen molar-refractivity contribution in [3.8, 4) is 11.5 Å². The van der Waals surface area contributed by atoms with Crippen LogP contribution in [0.2, 0.25) is 0 Å². The molecular weight excluding hydrogens is 339 g/mol. The maximum atomic E-state index is 13.2. The first-order valence-electron chi connectivity index (χ1n) is 8.10. The summed E-state index contributed by atoms with van der Waals surface area (Å²) in [6, 6.07) is 10.8. The highest BCUT2D eigenvalue weighted by atomic mass is 19.1. The van der Waals surface area contributed by atoms with Gasteiger partial charge in [-0.3, -0.25) is 9.59 Å². The van der Waals surface area contributed by atoms with Gasteiger partial charge in [-0.05, 0) is 30.3 Å². The van der Waals surface area contributed by atoms with Gasteiger partial charge in [-0.25, -0.2) is 4.39 Å². The van der Waals surface area contributed by atoms with Crippen molar-refractivity contribution in [3.63, 3.8) is 0 Å². The Morgan fingerprint density at radius 1 is 1.19 bits per heavy atom. The largest absolute Gasteiger partial charge is 0.497 e. The number of ether oxygens (including phenoxy) is 2. The average molecular weight is 358 g/mol. The van der Waals surface area contributed by atoms with E-state index >= 15 is 0 Å². The molecule has 0 unspecified atom stereocenters. The smallest absolute Gasteiger partial charge is 0.229 e. The van der Waals surface area contributed by atoms with Gasteiger partial charge in [0.1, 0.15) is 17.3 Å². The van der Waals surface area contributed by atoms with Crippen molar-refractivity contribution in [2.24, 2.45) is 5.92 Å². The predicted molar refractivity (Wildman–Crippen MR) is 95.0 cm³/mol. The normalized spacial score (nSPS) is 16.5. The fourth-order valence-corrected chi connectivity index (χ4v) is 2.93. The third-order valence-electron chi connectivity index (χ3n) is 4.27. The van der Waals surface area contributed by atoms with E-state index in [1.54, 1.807) is 31.4 Å². The molecule has 1 fully saturated rings. The number of hydrogen-bond acceptors (Lipinski definition) is 4. The Hall–Kier alpha value is -3.09. The molecule has 1 aliphatic heterocycles. The number of methoxy groups -OCH3 is 2. The van der Waals surface area contributed by atoms with Gasteiger partial charge in [0.05, 0.1) is 25.8 Å². The number of carbonyl (C=O) groups is 2. The predicted octanol–water partition coefficient (Wildman–Crippen LogP) is 2.83. The fourth-order valence-electron chi connectivity index (χ4n) is 2.93. The Kier molecular flexibility index (Phi) is 5.06. The van der Waals surface area contributed by atoms with Gasteiger partial charge in [0, 0.05) is 24.7 Å². The van der Waals surface area contributed by atoms with Crippen molar-refractivity contribution in [2.45, 2.75) is 6.42 Å². The first-order chi connectivity index (χ1) is 12.5. The lowest BCUT2D eigenvalue weighted by Gasteiger charge is -2.20. The monoisotopic (exact) mass is 358 g/mol. The summed E-state index contributed by atoms with van der Waals surface area (Å²) in [5.41, 5.74) is 0.947. The minimum Gasteiger partial charge on any atom is -0.497 e. The summed E-state index contributed by atoms with van der Waals surface area (Å²) in [5, 5.41) is 2.66. The highest BCUT2D eigenvalue weighted by Crippen LogP contribution is 2.36. The number of nitrogens with zero attached hydrogens (tertiary/aromatic N) is 1. The highest BCUT2D eigenvalue weighted by molar-refractivity contribution is 6.04. The summed E-state index contributed by atoms with van der Waals surface area (Å²) in [4.78, 5) is 26.4. The molecule has 0 radical (unpaired) electrons. The van der Waals surface area contributed by atoms with Gasteiger partial charge in [-0.15, -0.1) is 0 Å². The lowest BCUT2D eigenvalue weighted by Crippen LogP contribution is -2.28. The summed E-state index contributed by atoms with van der Waals surface area (Å²) >= 11 is 0. The molecule has 136 valence electrons. The molecule has 1 N–H and O–H groups in total. The number of hydrogen-bond donors (Lipinski definition) is 1. The van der Waals surface area contributed by atoms with Crippen molar-refractivity contribution >= 4 is 23.2 Å². The minimum absolute atomic E-state index is 0.0797. The molecule has 2 aromatic carbocycles. The van der Waals surface area contributed by atoms with Gasteiger partial charge in [0.25, 0.3) is 0 Å². The molecule has 6 nitrogen and oxygen atoms in total. The molecule has 3 rings (SSSR count). The molecule has 0 bridgehead atoms. The van der Waals surface area contributed by atoms with Crippen LogP contribution in [0.25, 0.3) is 0 Å². The van der Waals surface area contributed by atoms with Crippen LogP contribution in [0.3, 0.4) is 0 Å². The Bertz CT molecular complexity index is 840. The lowest BCUT2D eigenvalue weighted by molar-refractivity contribution is -0.122. The number of rotatable bonds is 5. The van der Waals surface area contributed by atoms with Crippen LogP contribution in [-0.4, -0.2) is 32.6 Å². The van der Waals surface area contributed by atoms with E-state index in [1.165, 1.54) is 30.2 Å². The summed E-state index contributed by atoms with van der Waals surface area (Å²) < 4.78 is 23.7. The fraction of sp³-hybridized carbons (Fsp3) is 0.263. The van der Waals surface area contributed by atoms with E-state index < -0.39 is 11.7 Å². The molecule has 2 amide bonds. The molecule has 2 aromatic rings. The Morgan fingerprint density at radius 3 is 2.69 bits per heavy atom. The number of anilines is 2. The zero-order chi connectivity index (χ0) is 18.7. The van der Waals surface area contributed by atoms with E-state index in [0.29, 0.717) is 22.9 Å².